The summed E-state index contributed by atoms with van der Waals surface area (Å²) < 4.78 is 16.5. The summed E-state index contributed by atoms with van der Waals surface area (Å²) in [5, 5.41) is 17.1. The quantitative estimate of drug-likeness (QED) is 0.203. The molecule has 182 valence electrons. The first kappa shape index (κ1) is 26.0. The van der Waals surface area contributed by atoms with Crippen molar-refractivity contribution < 1.29 is 28.7 Å². The van der Waals surface area contributed by atoms with Gasteiger partial charge in [0.1, 0.15) is 0 Å². The standard InChI is InChI=1S/C23H33N3O7/c1-6-7-8-9-10-32-21-17(26(29)30)11-16(12-18(21)31-5)20-19(15(4)24-23(28)25-20)22(27)33-13-14(2)3/h11-12,14,20H,6-10,13H2,1-5H3,(H2,24,25,28). The number of hydrogen-bond acceptors (Lipinski definition) is 7. The largest absolute Gasteiger partial charge is 0.493 e. The van der Waals surface area contributed by atoms with Crippen molar-refractivity contribution in [2.24, 2.45) is 5.92 Å². The Morgan fingerprint density at radius 1 is 1.24 bits per heavy atom. The molecule has 1 unspecified atom stereocenters. The Kier molecular flexibility index (Phi) is 9.50. The summed E-state index contributed by atoms with van der Waals surface area (Å²) in [7, 11) is 1.38. The lowest BCUT2D eigenvalue weighted by Crippen LogP contribution is -2.45. The van der Waals surface area contributed by atoms with E-state index in [0.717, 1.165) is 25.7 Å². The zero-order valence-electron chi connectivity index (χ0n) is 19.9. The molecule has 1 aromatic carbocycles. The Morgan fingerprint density at radius 2 is 1.97 bits per heavy atom. The van der Waals surface area contributed by atoms with Crippen LogP contribution in [-0.2, 0) is 9.53 Å². The molecule has 1 heterocycles. The number of carbonyl (C=O) groups excluding carboxylic acids is 2. The summed E-state index contributed by atoms with van der Waals surface area (Å²) in [5.74, 6) is -0.325. The first-order valence-electron chi connectivity index (χ1n) is 11.1. The Bertz CT molecular complexity index is 912. The molecule has 2 amide bonds. The van der Waals surface area contributed by atoms with Gasteiger partial charge >= 0.3 is 17.7 Å². The Morgan fingerprint density at radius 3 is 2.58 bits per heavy atom. The first-order chi connectivity index (χ1) is 15.7. The highest BCUT2D eigenvalue weighted by molar-refractivity contribution is 5.95. The van der Waals surface area contributed by atoms with E-state index in [2.05, 4.69) is 17.6 Å². The van der Waals surface area contributed by atoms with Crippen LogP contribution in [0.15, 0.2) is 23.4 Å². The van der Waals surface area contributed by atoms with E-state index in [-0.39, 0.29) is 35.3 Å². The predicted molar refractivity (Wildman–Crippen MR) is 122 cm³/mol. The number of ether oxygens (including phenoxy) is 3. The highest BCUT2D eigenvalue weighted by Gasteiger charge is 2.35. The van der Waals surface area contributed by atoms with Gasteiger partial charge < -0.3 is 24.8 Å². The lowest BCUT2D eigenvalue weighted by atomic mass is 9.94. The smallest absolute Gasteiger partial charge is 0.338 e. The molecule has 1 aromatic rings. The number of allylic oxidation sites excluding steroid dienone is 1. The van der Waals surface area contributed by atoms with Gasteiger partial charge in [0.2, 0.25) is 5.75 Å². The van der Waals surface area contributed by atoms with Crippen LogP contribution in [0.1, 0.15) is 65.0 Å². The van der Waals surface area contributed by atoms with Gasteiger partial charge in [-0.3, -0.25) is 10.1 Å². The zero-order valence-corrected chi connectivity index (χ0v) is 19.9. The maximum atomic E-state index is 12.8. The topological polar surface area (TPSA) is 129 Å². The van der Waals surface area contributed by atoms with Gasteiger partial charge in [-0.2, -0.15) is 0 Å². The summed E-state index contributed by atoms with van der Waals surface area (Å²) in [4.78, 5) is 36.3. The molecular formula is C23H33N3O7. The van der Waals surface area contributed by atoms with Crippen molar-refractivity contribution >= 4 is 17.7 Å². The van der Waals surface area contributed by atoms with Gasteiger partial charge in [-0.15, -0.1) is 0 Å². The maximum Gasteiger partial charge on any atom is 0.338 e. The van der Waals surface area contributed by atoms with Gasteiger partial charge in [-0.05, 0) is 30.9 Å². The third kappa shape index (κ3) is 6.84. The highest BCUT2D eigenvalue weighted by Crippen LogP contribution is 2.41. The Balaban J connectivity index is 2.44. The van der Waals surface area contributed by atoms with Gasteiger partial charge in [-0.25, -0.2) is 9.59 Å². The van der Waals surface area contributed by atoms with Crippen LogP contribution in [0.4, 0.5) is 10.5 Å². The van der Waals surface area contributed by atoms with Crippen molar-refractivity contribution in [3.63, 3.8) is 0 Å². The van der Waals surface area contributed by atoms with Crippen LogP contribution >= 0.6 is 0 Å². The summed E-state index contributed by atoms with van der Waals surface area (Å²) in [5.41, 5.74) is 0.484. The number of nitro groups is 1. The molecule has 2 N–H and O–H groups in total. The molecule has 10 nitrogen and oxygen atoms in total. The van der Waals surface area contributed by atoms with E-state index in [1.807, 2.05) is 13.8 Å². The molecule has 0 aromatic heterocycles. The van der Waals surface area contributed by atoms with Crippen LogP contribution in [0.3, 0.4) is 0 Å². The lowest BCUT2D eigenvalue weighted by molar-refractivity contribution is -0.386. The van der Waals surface area contributed by atoms with Crippen molar-refractivity contribution in [2.45, 2.75) is 59.4 Å². The predicted octanol–water partition coefficient (Wildman–Crippen LogP) is 4.39. The molecule has 0 spiro atoms. The molecule has 1 atom stereocenters. The average Bonchev–Trinajstić information content (AvgIpc) is 2.76. The number of hydrogen-bond donors (Lipinski definition) is 2. The van der Waals surface area contributed by atoms with E-state index in [9.17, 15) is 19.7 Å². The maximum absolute atomic E-state index is 12.8. The van der Waals surface area contributed by atoms with Crippen LogP contribution in [-0.4, -0.2) is 37.2 Å². The van der Waals surface area contributed by atoms with Crippen molar-refractivity contribution in [1.29, 1.82) is 0 Å². The van der Waals surface area contributed by atoms with E-state index in [4.69, 9.17) is 14.2 Å². The van der Waals surface area contributed by atoms with Crippen molar-refractivity contribution in [3.05, 3.63) is 39.1 Å². The number of nitrogens with zero attached hydrogens (tertiary/aromatic N) is 1. The molecule has 0 saturated heterocycles. The number of benzene rings is 1. The van der Waals surface area contributed by atoms with E-state index in [1.165, 1.54) is 19.2 Å². The fraction of sp³-hybridized carbons (Fsp3) is 0.565. The molecule has 0 saturated carbocycles. The highest BCUT2D eigenvalue weighted by atomic mass is 16.6. The number of nitro benzene ring substituents is 1. The van der Waals surface area contributed by atoms with Gasteiger partial charge in [0, 0.05) is 11.8 Å². The summed E-state index contributed by atoms with van der Waals surface area (Å²) in [6.45, 7) is 7.99. The first-order valence-corrected chi connectivity index (χ1v) is 11.1. The Hall–Kier alpha value is -3.30. The van der Waals surface area contributed by atoms with Crippen LogP contribution in [0, 0.1) is 16.0 Å². The average molecular weight is 464 g/mol. The fourth-order valence-electron chi connectivity index (χ4n) is 3.44. The second-order valence-corrected chi connectivity index (χ2v) is 8.30. The van der Waals surface area contributed by atoms with Crippen LogP contribution in [0.5, 0.6) is 11.5 Å². The van der Waals surface area contributed by atoms with Crippen molar-refractivity contribution in [1.82, 2.24) is 10.6 Å². The van der Waals surface area contributed by atoms with Crippen LogP contribution in [0.25, 0.3) is 0 Å². The van der Waals surface area contributed by atoms with Gasteiger partial charge in [-0.1, -0.05) is 40.0 Å². The molecule has 0 radical (unpaired) electrons. The molecule has 10 heteroatoms. The van der Waals surface area contributed by atoms with E-state index >= 15 is 0 Å². The van der Waals surface area contributed by atoms with Gasteiger partial charge in [0.05, 0.1) is 36.9 Å². The number of esters is 1. The number of amides is 2. The minimum atomic E-state index is -0.954. The zero-order chi connectivity index (χ0) is 24.5. The molecule has 2 rings (SSSR count). The molecule has 0 aliphatic carbocycles. The molecule has 1 aliphatic heterocycles. The lowest BCUT2D eigenvalue weighted by Gasteiger charge is -2.28. The second kappa shape index (κ2) is 12.1. The number of rotatable bonds is 12. The van der Waals surface area contributed by atoms with E-state index < -0.39 is 23.0 Å². The molecule has 0 bridgehead atoms. The summed E-state index contributed by atoms with van der Waals surface area (Å²) >= 11 is 0. The summed E-state index contributed by atoms with van der Waals surface area (Å²) in [6, 6.07) is 1.34. The third-order valence-electron chi connectivity index (χ3n) is 5.09. The molecular weight excluding hydrogens is 430 g/mol. The number of nitrogens with one attached hydrogen (secondary N) is 2. The SMILES string of the molecule is CCCCCCOc1c(OC)cc(C2NC(=O)NC(C)=C2C(=O)OCC(C)C)cc1[N+](=O)[O-]. The second-order valence-electron chi connectivity index (χ2n) is 8.30. The van der Waals surface area contributed by atoms with Crippen LogP contribution < -0.4 is 20.1 Å². The van der Waals surface area contributed by atoms with Crippen LogP contribution in [0.2, 0.25) is 0 Å². The van der Waals surface area contributed by atoms with Gasteiger partial charge in [0.25, 0.3) is 0 Å². The van der Waals surface area contributed by atoms with Crippen molar-refractivity contribution in [3.8, 4) is 11.5 Å². The number of urea groups is 1. The number of carbonyl (C=O) groups is 2. The third-order valence-corrected chi connectivity index (χ3v) is 5.09. The molecule has 33 heavy (non-hydrogen) atoms. The minimum absolute atomic E-state index is 0.0210. The normalized spacial score (nSPS) is 15.7. The van der Waals surface area contributed by atoms with Gasteiger partial charge in [0.15, 0.2) is 5.75 Å². The summed E-state index contributed by atoms with van der Waals surface area (Å²) in [6.07, 6.45) is 3.83. The minimum Gasteiger partial charge on any atom is -0.493 e. The van der Waals surface area contributed by atoms with Crippen molar-refractivity contribution in [2.75, 3.05) is 20.3 Å². The fourth-order valence-corrected chi connectivity index (χ4v) is 3.44. The molecule has 0 fully saturated rings. The van der Waals surface area contributed by atoms with E-state index in [0.29, 0.717) is 17.9 Å². The Labute approximate surface area is 193 Å². The van der Waals surface area contributed by atoms with E-state index in [1.54, 1.807) is 6.92 Å². The number of unbranched alkanes of at least 4 members (excludes halogenated alkanes) is 3. The monoisotopic (exact) mass is 463 g/mol. The number of methoxy groups -OCH3 is 1. The molecule has 1 aliphatic rings.